The maximum Gasteiger partial charge on any atom is 0.409 e. The van der Waals surface area contributed by atoms with Crippen molar-refractivity contribution in [3.05, 3.63) is 0 Å². The molecule has 1 aliphatic heterocycles. The van der Waals surface area contributed by atoms with E-state index >= 15 is 0 Å². The quantitative estimate of drug-likeness (QED) is 0.654. The highest BCUT2D eigenvalue weighted by molar-refractivity contribution is 5.67. The Labute approximate surface area is 117 Å². The third kappa shape index (κ3) is 8.09. The van der Waals surface area contributed by atoms with E-state index in [0.717, 1.165) is 32.6 Å². The number of hydrogen-bond donors (Lipinski definition) is 1. The van der Waals surface area contributed by atoms with Gasteiger partial charge in [-0.05, 0) is 6.42 Å². The molecule has 1 N–H and O–H groups in total. The van der Waals surface area contributed by atoms with Crippen molar-refractivity contribution >= 4 is 6.09 Å². The summed E-state index contributed by atoms with van der Waals surface area (Å²) < 4.78 is 5.29. The van der Waals surface area contributed by atoms with Crippen LogP contribution in [-0.2, 0) is 4.74 Å². The molecule has 1 fully saturated rings. The first kappa shape index (κ1) is 16.3. The molecule has 0 spiro atoms. The van der Waals surface area contributed by atoms with Gasteiger partial charge in [0.25, 0.3) is 0 Å². The van der Waals surface area contributed by atoms with Crippen molar-refractivity contribution in [2.75, 3.05) is 32.8 Å². The highest BCUT2D eigenvalue weighted by Gasteiger charge is 2.16. The van der Waals surface area contributed by atoms with Crippen molar-refractivity contribution in [2.45, 2.75) is 58.3 Å². The predicted molar refractivity (Wildman–Crippen MR) is 78.4 cm³/mol. The molecule has 19 heavy (non-hydrogen) atoms. The van der Waals surface area contributed by atoms with Crippen LogP contribution >= 0.6 is 0 Å². The number of nitrogens with zero attached hydrogens (tertiary/aromatic N) is 1. The lowest BCUT2D eigenvalue weighted by Crippen LogP contribution is -2.46. The van der Waals surface area contributed by atoms with Gasteiger partial charge in [0.2, 0.25) is 0 Å². The third-order valence-corrected chi connectivity index (χ3v) is 3.60. The number of nitrogens with one attached hydrogen (secondary N) is 1. The molecule has 1 saturated heterocycles. The summed E-state index contributed by atoms with van der Waals surface area (Å²) in [6.07, 6.45) is 10.0. The number of hydrogen-bond acceptors (Lipinski definition) is 3. The van der Waals surface area contributed by atoms with E-state index in [1.54, 1.807) is 4.90 Å². The Kier molecular flexibility index (Phi) is 9.51. The minimum Gasteiger partial charge on any atom is -0.449 e. The van der Waals surface area contributed by atoms with Gasteiger partial charge in [-0.15, -0.1) is 0 Å². The Balaban J connectivity index is 1.86. The zero-order chi connectivity index (χ0) is 13.8. The van der Waals surface area contributed by atoms with Crippen LogP contribution in [0.4, 0.5) is 4.79 Å². The molecule has 0 saturated carbocycles. The molecule has 0 aliphatic carbocycles. The van der Waals surface area contributed by atoms with E-state index in [1.165, 1.54) is 44.9 Å². The summed E-state index contributed by atoms with van der Waals surface area (Å²) in [5.41, 5.74) is 0. The van der Waals surface area contributed by atoms with Gasteiger partial charge in [-0.2, -0.15) is 0 Å². The third-order valence-electron chi connectivity index (χ3n) is 3.60. The first-order valence-corrected chi connectivity index (χ1v) is 7.97. The topological polar surface area (TPSA) is 41.6 Å². The number of carbonyl (C=O) groups excluding carboxylic acids is 1. The van der Waals surface area contributed by atoms with Crippen molar-refractivity contribution in [1.82, 2.24) is 10.2 Å². The van der Waals surface area contributed by atoms with Gasteiger partial charge in [0.05, 0.1) is 6.61 Å². The van der Waals surface area contributed by atoms with Gasteiger partial charge in [0.15, 0.2) is 0 Å². The highest BCUT2D eigenvalue weighted by Crippen LogP contribution is 2.08. The molecule has 1 aliphatic rings. The largest absolute Gasteiger partial charge is 0.449 e. The Morgan fingerprint density at radius 3 is 2.21 bits per heavy atom. The van der Waals surface area contributed by atoms with E-state index in [0.29, 0.717) is 6.61 Å². The van der Waals surface area contributed by atoms with Gasteiger partial charge in [-0.25, -0.2) is 4.79 Å². The second kappa shape index (κ2) is 11.1. The molecule has 4 nitrogen and oxygen atoms in total. The fourth-order valence-electron chi connectivity index (χ4n) is 2.33. The van der Waals surface area contributed by atoms with E-state index in [4.69, 9.17) is 4.74 Å². The molecule has 1 amide bonds. The monoisotopic (exact) mass is 270 g/mol. The molecule has 0 bridgehead atoms. The molecule has 0 unspecified atom stereocenters. The Morgan fingerprint density at radius 1 is 1.00 bits per heavy atom. The molecule has 1 rings (SSSR count). The maximum absolute atomic E-state index is 11.7. The van der Waals surface area contributed by atoms with Gasteiger partial charge in [0.1, 0.15) is 0 Å². The number of rotatable bonds is 9. The predicted octanol–water partition coefficient (Wildman–Crippen LogP) is 3.17. The smallest absolute Gasteiger partial charge is 0.409 e. The van der Waals surface area contributed by atoms with Crippen LogP contribution in [-0.4, -0.2) is 43.8 Å². The summed E-state index contributed by atoms with van der Waals surface area (Å²) in [4.78, 5) is 13.5. The standard InChI is InChI=1S/C15H30N2O2/c1-2-3-4-5-6-7-8-9-14-19-15(18)17-12-10-16-11-13-17/h16H,2-14H2,1H3. The molecule has 0 aromatic heterocycles. The molecule has 1 heterocycles. The normalized spacial score (nSPS) is 15.5. The zero-order valence-corrected chi connectivity index (χ0v) is 12.5. The first-order chi connectivity index (χ1) is 9.34. The van der Waals surface area contributed by atoms with Gasteiger partial charge >= 0.3 is 6.09 Å². The molecule has 0 atom stereocenters. The van der Waals surface area contributed by atoms with E-state index in [9.17, 15) is 4.79 Å². The summed E-state index contributed by atoms with van der Waals surface area (Å²) in [7, 11) is 0. The van der Waals surface area contributed by atoms with Gasteiger partial charge < -0.3 is 15.0 Å². The van der Waals surface area contributed by atoms with E-state index in [2.05, 4.69) is 12.2 Å². The molecule has 112 valence electrons. The summed E-state index contributed by atoms with van der Waals surface area (Å²) in [6, 6.07) is 0. The van der Waals surface area contributed by atoms with Crippen LogP contribution in [0.15, 0.2) is 0 Å². The highest BCUT2D eigenvalue weighted by atomic mass is 16.6. The first-order valence-electron chi connectivity index (χ1n) is 7.97. The van der Waals surface area contributed by atoms with E-state index in [1.807, 2.05) is 0 Å². The van der Waals surface area contributed by atoms with Gasteiger partial charge in [-0.3, -0.25) is 0 Å². The fourth-order valence-corrected chi connectivity index (χ4v) is 2.33. The Bertz CT molecular complexity index is 228. The number of piperazine rings is 1. The summed E-state index contributed by atoms with van der Waals surface area (Å²) in [5, 5.41) is 3.23. The molecule has 0 aromatic rings. The SMILES string of the molecule is CCCCCCCCCCOC(=O)N1CCNCC1. The van der Waals surface area contributed by atoms with E-state index in [-0.39, 0.29) is 6.09 Å². The van der Waals surface area contributed by atoms with Crippen molar-refractivity contribution in [2.24, 2.45) is 0 Å². The number of amides is 1. The van der Waals surface area contributed by atoms with Gasteiger partial charge in [0, 0.05) is 26.2 Å². The van der Waals surface area contributed by atoms with Crippen LogP contribution in [0.2, 0.25) is 0 Å². The van der Waals surface area contributed by atoms with Crippen molar-refractivity contribution in [3.8, 4) is 0 Å². The Morgan fingerprint density at radius 2 is 1.58 bits per heavy atom. The summed E-state index contributed by atoms with van der Waals surface area (Å²) in [5.74, 6) is 0. The zero-order valence-electron chi connectivity index (χ0n) is 12.5. The second-order valence-corrected chi connectivity index (χ2v) is 5.33. The average molecular weight is 270 g/mol. The van der Waals surface area contributed by atoms with Crippen LogP contribution < -0.4 is 5.32 Å². The number of carbonyl (C=O) groups is 1. The number of unbranched alkanes of at least 4 members (excludes halogenated alkanes) is 7. The lowest BCUT2D eigenvalue weighted by Gasteiger charge is -2.26. The summed E-state index contributed by atoms with van der Waals surface area (Å²) in [6.45, 7) is 6.14. The summed E-state index contributed by atoms with van der Waals surface area (Å²) >= 11 is 0. The lowest BCUT2D eigenvalue weighted by atomic mass is 10.1. The molecular formula is C15H30N2O2. The second-order valence-electron chi connectivity index (χ2n) is 5.33. The van der Waals surface area contributed by atoms with Crippen LogP contribution in [0.1, 0.15) is 58.3 Å². The average Bonchev–Trinajstić information content (AvgIpc) is 2.46. The lowest BCUT2D eigenvalue weighted by molar-refractivity contribution is 0.0960. The molecule has 0 radical (unpaired) electrons. The molecule has 4 heteroatoms. The van der Waals surface area contributed by atoms with E-state index < -0.39 is 0 Å². The van der Waals surface area contributed by atoms with Crippen molar-refractivity contribution < 1.29 is 9.53 Å². The number of ether oxygens (including phenoxy) is 1. The molecule has 0 aromatic carbocycles. The fraction of sp³-hybridized carbons (Fsp3) is 0.933. The van der Waals surface area contributed by atoms with Crippen LogP contribution in [0, 0.1) is 0 Å². The maximum atomic E-state index is 11.7. The Hall–Kier alpha value is -0.770. The van der Waals surface area contributed by atoms with Crippen LogP contribution in [0.5, 0.6) is 0 Å². The minimum absolute atomic E-state index is 0.135. The van der Waals surface area contributed by atoms with Crippen LogP contribution in [0.25, 0.3) is 0 Å². The van der Waals surface area contributed by atoms with Crippen LogP contribution in [0.3, 0.4) is 0 Å². The van der Waals surface area contributed by atoms with Crippen molar-refractivity contribution in [1.29, 1.82) is 0 Å². The van der Waals surface area contributed by atoms with Gasteiger partial charge in [-0.1, -0.05) is 51.9 Å². The molecular weight excluding hydrogens is 240 g/mol. The van der Waals surface area contributed by atoms with Crippen molar-refractivity contribution in [3.63, 3.8) is 0 Å². The minimum atomic E-state index is -0.135.